The van der Waals surface area contributed by atoms with Crippen LogP contribution in [0.5, 0.6) is 0 Å². The number of nitrogens with one attached hydrogen (secondary N) is 1. The number of thiophene rings is 1. The number of aromatic carboxylic acids is 1. The summed E-state index contributed by atoms with van der Waals surface area (Å²) in [6.07, 6.45) is -0.684. The second-order valence-electron chi connectivity index (χ2n) is 4.75. The number of rotatable bonds is 4. The van der Waals surface area contributed by atoms with Crippen LogP contribution in [0.25, 0.3) is 0 Å². The summed E-state index contributed by atoms with van der Waals surface area (Å²) in [4.78, 5) is 34.1. The Morgan fingerprint density at radius 3 is 2.32 bits per heavy atom. The molecule has 0 spiro atoms. The number of hydrogen-bond acceptors (Lipinski definition) is 5. The maximum Gasteiger partial charge on any atom is 0.408 e. The van der Waals surface area contributed by atoms with Gasteiger partial charge in [0.2, 0.25) is 0 Å². The van der Waals surface area contributed by atoms with Crippen LogP contribution in [0, 0.1) is 0 Å². The summed E-state index contributed by atoms with van der Waals surface area (Å²) in [5.41, 5.74) is -0.632. The van der Waals surface area contributed by atoms with Gasteiger partial charge < -0.3 is 15.2 Å². The number of carboxylic acid groups (broad SMARTS) is 1. The highest BCUT2D eigenvalue weighted by Gasteiger charge is 2.18. The Balaban J connectivity index is 2.51. The lowest BCUT2D eigenvalue weighted by Gasteiger charge is -2.19. The number of ketones is 1. The first kappa shape index (κ1) is 15.2. The number of Topliss-reactive ketones (excluding diaryl/α,β-unsaturated/α-hetero) is 1. The SMILES string of the molecule is CC(C)(C)OC(=O)NCC(=O)c1ccc(C(=O)O)s1. The molecule has 0 radical (unpaired) electrons. The summed E-state index contributed by atoms with van der Waals surface area (Å²) >= 11 is 0.873. The molecule has 104 valence electrons. The van der Waals surface area contributed by atoms with Gasteiger partial charge in [0.05, 0.1) is 11.4 Å². The van der Waals surface area contributed by atoms with Crippen LogP contribution < -0.4 is 5.32 Å². The van der Waals surface area contributed by atoms with E-state index in [9.17, 15) is 14.4 Å². The van der Waals surface area contributed by atoms with E-state index in [1.165, 1.54) is 12.1 Å². The highest BCUT2D eigenvalue weighted by atomic mass is 32.1. The van der Waals surface area contributed by atoms with E-state index in [-0.39, 0.29) is 22.1 Å². The molecule has 0 aromatic carbocycles. The van der Waals surface area contributed by atoms with Crippen molar-refractivity contribution in [2.45, 2.75) is 26.4 Å². The lowest BCUT2D eigenvalue weighted by Crippen LogP contribution is -2.35. The smallest absolute Gasteiger partial charge is 0.408 e. The summed E-state index contributed by atoms with van der Waals surface area (Å²) in [5, 5.41) is 11.1. The van der Waals surface area contributed by atoms with Crippen LogP contribution >= 0.6 is 11.3 Å². The summed E-state index contributed by atoms with van der Waals surface area (Å²) in [7, 11) is 0. The van der Waals surface area contributed by atoms with Gasteiger partial charge in [0.1, 0.15) is 10.5 Å². The molecule has 0 aliphatic rings. The van der Waals surface area contributed by atoms with Gasteiger partial charge >= 0.3 is 12.1 Å². The number of hydrogen-bond donors (Lipinski definition) is 2. The largest absolute Gasteiger partial charge is 0.477 e. The average Bonchev–Trinajstić information content (AvgIpc) is 2.72. The van der Waals surface area contributed by atoms with Gasteiger partial charge in [-0.2, -0.15) is 0 Å². The van der Waals surface area contributed by atoms with Crippen molar-refractivity contribution in [1.82, 2.24) is 5.32 Å². The normalized spacial score (nSPS) is 10.9. The minimum absolute atomic E-state index is 0.0839. The number of alkyl carbamates (subject to hydrolysis) is 1. The highest BCUT2D eigenvalue weighted by Crippen LogP contribution is 2.16. The van der Waals surface area contributed by atoms with Crippen molar-refractivity contribution in [2.24, 2.45) is 0 Å². The maximum atomic E-state index is 11.7. The lowest BCUT2D eigenvalue weighted by molar-refractivity contribution is 0.0520. The molecular weight excluding hydrogens is 270 g/mol. The van der Waals surface area contributed by atoms with Gasteiger partial charge in [0.25, 0.3) is 0 Å². The fourth-order valence-electron chi connectivity index (χ4n) is 1.16. The highest BCUT2D eigenvalue weighted by molar-refractivity contribution is 7.15. The predicted molar refractivity (Wildman–Crippen MR) is 69.8 cm³/mol. The number of ether oxygens (including phenoxy) is 1. The topological polar surface area (TPSA) is 92.7 Å². The summed E-state index contributed by atoms with van der Waals surface area (Å²) in [6.45, 7) is 4.92. The second-order valence-corrected chi connectivity index (χ2v) is 5.83. The van der Waals surface area contributed by atoms with E-state index in [1.807, 2.05) is 0 Å². The molecule has 1 rings (SSSR count). The van der Waals surface area contributed by atoms with Crippen LogP contribution in [0.2, 0.25) is 0 Å². The minimum atomic E-state index is -1.08. The van der Waals surface area contributed by atoms with E-state index in [0.717, 1.165) is 11.3 Å². The minimum Gasteiger partial charge on any atom is -0.477 e. The molecule has 0 fully saturated rings. The molecule has 0 aliphatic heterocycles. The maximum absolute atomic E-state index is 11.7. The fourth-order valence-corrected chi connectivity index (χ4v) is 1.94. The molecule has 0 aliphatic carbocycles. The Bertz CT molecular complexity index is 500. The van der Waals surface area contributed by atoms with Gasteiger partial charge in [0, 0.05) is 0 Å². The molecule has 2 N–H and O–H groups in total. The van der Waals surface area contributed by atoms with E-state index in [2.05, 4.69) is 5.32 Å². The van der Waals surface area contributed by atoms with Crippen molar-refractivity contribution in [3.8, 4) is 0 Å². The molecule has 1 aromatic rings. The Morgan fingerprint density at radius 1 is 1.26 bits per heavy atom. The van der Waals surface area contributed by atoms with Crippen molar-refractivity contribution < 1.29 is 24.2 Å². The molecule has 1 aromatic heterocycles. The fraction of sp³-hybridized carbons (Fsp3) is 0.417. The molecule has 19 heavy (non-hydrogen) atoms. The standard InChI is InChI=1S/C12H15NO5S/c1-12(2,3)18-11(17)13-6-7(14)8-4-5-9(19-8)10(15)16/h4-5H,6H2,1-3H3,(H,13,17)(H,15,16). The van der Waals surface area contributed by atoms with Gasteiger partial charge in [0.15, 0.2) is 5.78 Å². The Kier molecular flexibility index (Phi) is 4.66. The van der Waals surface area contributed by atoms with Gasteiger partial charge in [-0.1, -0.05) is 0 Å². The van der Waals surface area contributed by atoms with Gasteiger partial charge in [-0.3, -0.25) is 4.79 Å². The number of carbonyl (C=O) groups excluding carboxylic acids is 2. The Morgan fingerprint density at radius 2 is 1.84 bits per heavy atom. The summed E-state index contributed by atoms with van der Waals surface area (Å²) in [6, 6.07) is 2.78. The van der Waals surface area contributed by atoms with E-state index < -0.39 is 17.7 Å². The summed E-state index contributed by atoms with van der Waals surface area (Å²) in [5.74, 6) is -1.44. The zero-order chi connectivity index (χ0) is 14.6. The quantitative estimate of drug-likeness (QED) is 0.827. The molecular formula is C12H15NO5S. The summed E-state index contributed by atoms with van der Waals surface area (Å²) < 4.78 is 4.97. The van der Waals surface area contributed by atoms with Crippen molar-refractivity contribution >= 4 is 29.2 Å². The molecule has 0 unspecified atom stereocenters. The van der Waals surface area contributed by atoms with Crippen LogP contribution in [0.15, 0.2) is 12.1 Å². The number of carboxylic acids is 1. The van der Waals surface area contributed by atoms with Gasteiger partial charge in [-0.15, -0.1) is 11.3 Å². The zero-order valence-corrected chi connectivity index (χ0v) is 11.7. The van der Waals surface area contributed by atoms with Crippen molar-refractivity contribution in [3.63, 3.8) is 0 Å². The number of amides is 1. The first-order chi connectivity index (χ1) is 8.69. The average molecular weight is 285 g/mol. The van der Waals surface area contributed by atoms with Gasteiger partial charge in [-0.25, -0.2) is 9.59 Å². The number of carbonyl (C=O) groups is 3. The lowest BCUT2D eigenvalue weighted by atomic mass is 10.2. The first-order valence-electron chi connectivity index (χ1n) is 5.52. The zero-order valence-electron chi connectivity index (χ0n) is 10.9. The molecule has 0 atom stereocenters. The second kappa shape index (κ2) is 5.83. The van der Waals surface area contributed by atoms with Crippen LogP contribution in [0.3, 0.4) is 0 Å². The molecule has 6 nitrogen and oxygen atoms in total. The molecule has 7 heteroatoms. The van der Waals surface area contributed by atoms with Crippen molar-refractivity contribution in [1.29, 1.82) is 0 Å². The third kappa shape index (κ3) is 5.09. The molecule has 0 saturated heterocycles. The monoisotopic (exact) mass is 285 g/mol. The van der Waals surface area contributed by atoms with Crippen LogP contribution in [0.4, 0.5) is 4.79 Å². The van der Waals surface area contributed by atoms with Crippen molar-refractivity contribution in [3.05, 3.63) is 21.9 Å². The Labute approximate surface area is 114 Å². The van der Waals surface area contributed by atoms with Crippen molar-refractivity contribution in [2.75, 3.05) is 6.54 Å². The molecule has 1 amide bonds. The third-order valence-corrected chi connectivity index (χ3v) is 3.00. The van der Waals surface area contributed by atoms with Crippen LogP contribution in [-0.2, 0) is 4.74 Å². The molecule has 0 bridgehead atoms. The predicted octanol–water partition coefficient (Wildman–Crippen LogP) is 2.15. The van der Waals surface area contributed by atoms with Crippen LogP contribution in [0.1, 0.15) is 40.1 Å². The first-order valence-corrected chi connectivity index (χ1v) is 6.34. The van der Waals surface area contributed by atoms with E-state index in [4.69, 9.17) is 9.84 Å². The van der Waals surface area contributed by atoms with E-state index >= 15 is 0 Å². The van der Waals surface area contributed by atoms with E-state index in [0.29, 0.717) is 0 Å². The van der Waals surface area contributed by atoms with Gasteiger partial charge in [-0.05, 0) is 32.9 Å². The molecule has 0 saturated carbocycles. The van der Waals surface area contributed by atoms with Crippen LogP contribution in [-0.4, -0.2) is 35.1 Å². The Hall–Kier alpha value is -1.89. The molecule has 1 heterocycles. The van der Waals surface area contributed by atoms with E-state index in [1.54, 1.807) is 20.8 Å². The third-order valence-electron chi connectivity index (χ3n) is 1.88.